The number of thioether (sulfide) groups is 1. The fourth-order valence-corrected chi connectivity index (χ4v) is 2.15. The largest absolute Gasteiger partial charge is 0.475 e. The van der Waals surface area contributed by atoms with Crippen molar-refractivity contribution in [2.45, 2.75) is 30.7 Å². The maximum Gasteiger partial charge on any atom is 0.371 e. The quantitative estimate of drug-likeness (QED) is 0.796. The van der Waals surface area contributed by atoms with Crippen LogP contribution in [0.3, 0.4) is 0 Å². The molecule has 2 aromatic rings. The number of carboxylic acids is 1. The summed E-state index contributed by atoms with van der Waals surface area (Å²) in [7, 11) is 0. The van der Waals surface area contributed by atoms with Crippen LogP contribution in [0.2, 0.25) is 0 Å². The molecule has 2 rings (SSSR count). The Labute approximate surface area is 107 Å². The van der Waals surface area contributed by atoms with Crippen LogP contribution < -0.4 is 0 Å². The second-order valence-corrected chi connectivity index (χ2v) is 4.51. The van der Waals surface area contributed by atoms with Crippen LogP contribution in [0.1, 0.15) is 29.7 Å². The summed E-state index contributed by atoms with van der Waals surface area (Å²) in [5.41, 5.74) is 0. The van der Waals surface area contributed by atoms with Crippen molar-refractivity contribution in [3.8, 4) is 0 Å². The zero-order valence-electron chi connectivity index (χ0n) is 9.74. The van der Waals surface area contributed by atoms with Crippen molar-refractivity contribution in [1.82, 2.24) is 20.2 Å². The Kier molecular flexibility index (Phi) is 3.98. The Morgan fingerprint density at radius 2 is 2.39 bits per heavy atom. The molecular weight excluding hydrogens is 256 g/mol. The molecule has 0 aliphatic carbocycles. The first kappa shape index (κ1) is 12.6. The van der Waals surface area contributed by atoms with Gasteiger partial charge >= 0.3 is 5.97 Å². The SMILES string of the molecule is CCCn1nnnc1CSc1ccc(C(=O)O)o1. The van der Waals surface area contributed by atoms with Crippen LogP contribution in [0.5, 0.6) is 0 Å². The third kappa shape index (κ3) is 2.89. The number of aryl methyl sites for hydroxylation is 1. The number of aromatic carboxylic acids is 1. The highest BCUT2D eigenvalue weighted by molar-refractivity contribution is 7.98. The number of aromatic nitrogens is 4. The third-order valence-electron chi connectivity index (χ3n) is 2.18. The first-order chi connectivity index (χ1) is 8.70. The van der Waals surface area contributed by atoms with Gasteiger partial charge in [0, 0.05) is 6.54 Å². The van der Waals surface area contributed by atoms with E-state index in [1.54, 1.807) is 10.7 Å². The lowest BCUT2D eigenvalue weighted by Crippen LogP contribution is -2.04. The van der Waals surface area contributed by atoms with Crippen molar-refractivity contribution in [3.63, 3.8) is 0 Å². The van der Waals surface area contributed by atoms with E-state index in [1.807, 2.05) is 6.92 Å². The molecule has 0 aliphatic rings. The van der Waals surface area contributed by atoms with Crippen molar-refractivity contribution in [2.75, 3.05) is 0 Å². The minimum absolute atomic E-state index is 0.0642. The van der Waals surface area contributed by atoms with Gasteiger partial charge in [0.05, 0.1) is 5.75 Å². The molecule has 0 saturated carbocycles. The highest BCUT2D eigenvalue weighted by Gasteiger charge is 2.11. The van der Waals surface area contributed by atoms with E-state index in [0.29, 0.717) is 10.8 Å². The smallest absolute Gasteiger partial charge is 0.371 e. The lowest BCUT2D eigenvalue weighted by Gasteiger charge is -2.00. The van der Waals surface area contributed by atoms with E-state index in [-0.39, 0.29) is 5.76 Å². The Bertz CT molecular complexity index is 537. The first-order valence-corrected chi connectivity index (χ1v) is 6.40. The van der Waals surface area contributed by atoms with Crippen LogP contribution in [0, 0.1) is 0 Å². The van der Waals surface area contributed by atoms with Crippen molar-refractivity contribution in [3.05, 3.63) is 23.7 Å². The molecule has 0 spiro atoms. The molecule has 2 aromatic heterocycles. The second-order valence-electron chi connectivity index (χ2n) is 3.53. The standard InChI is InChI=1S/C10H12N4O3S/c1-2-5-14-8(11-12-13-14)6-18-9-4-3-7(17-9)10(15)16/h3-4H,2,5-6H2,1H3,(H,15,16). The fourth-order valence-electron chi connectivity index (χ4n) is 1.36. The summed E-state index contributed by atoms with van der Waals surface area (Å²) in [6.07, 6.45) is 0.951. The monoisotopic (exact) mass is 268 g/mol. The van der Waals surface area contributed by atoms with Gasteiger partial charge in [-0.1, -0.05) is 18.7 Å². The molecule has 18 heavy (non-hydrogen) atoms. The van der Waals surface area contributed by atoms with Gasteiger partial charge in [-0.15, -0.1) is 5.10 Å². The minimum atomic E-state index is -1.07. The molecule has 0 saturated heterocycles. The van der Waals surface area contributed by atoms with E-state index >= 15 is 0 Å². The van der Waals surface area contributed by atoms with Crippen molar-refractivity contribution in [2.24, 2.45) is 0 Å². The normalized spacial score (nSPS) is 10.7. The number of tetrazole rings is 1. The molecule has 96 valence electrons. The van der Waals surface area contributed by atoms with E-state index < -0.39 is 5.97 Å². The highest BCUT2D eigenvalue weighted by atomic mass is 32.2. The fraction of sp³-hybridized carbons (Fsp3) is 0.400. The van der Waals surface area contributed by atoms with Crippen LogP contribution in [0.25, 0.3) is 0 Å². The molecule has 1 N–H and O–H groups in total. The lowest BCUT2D eigenvalue weighted by atomic mass is 10.5. The van der Waals surface area contributed by atoms with E-state index in [1.165, 1.54) is 17.8 Å². The van der Waals surface area contributed by atoms with Crippen LogP contribution in [0.4, 0.5) is 0 Å². The summed E-state index contributed by atoms with van der Waals surface area (Å²) in [4.78, 5) is 10.6. The van der Waals surface area contributed by atoms with Gasteiger partial charge in [-0.2, -0.15) is 0 Å². The second kappa shape index (κ2) is 5.67. The molecule has 0 fully saturated rings. The number of carbonyl (C=O) groups is 1. The molecule has 0 aromatic carbocycles. The summed E-state index contributed by atoms with van der Waals surface area (Å²) >= 11 is 1.36. The summed E-state index contributed by atoms with van der Waals surface area (Å²) in [5.74, 6) is 0.151. The number of carboxylic acid groups (broad SMARTS) is 1. The third-order valence-corrected chi connectivity index (χ3v) is 3.08. The molecule has 0 atom stereocenters. The Hall–Kier alpha value is -1.83. The van der Waals surface area contributed by atoms with Crippen LogP contribution in [-0.2, 0) is 12.3 Å². The molecule has 0 unspecified atom stereocenters. The average molecular weight is 268 g/mol. The van der Waals surface area contributed by atoms with Gasteiger partial charge in [0.15, 0.2) is 10.9 Å². The highest BCUT2D eigenvalue weighted by Crippen LogP contribution is 2.24. The van der Waals surface area contributed by atoms with E-state index in [0.717, 1.165) is 18.8 Å². The summed E-state index contributed by atoms with van der Waals surface area (Å²) in [5, 5.41) is 20.7. The molecule has 0 bridgehead atoms. The number of hydrogen-bond acceptors (Lipinski definition) is 6. The Balaban J connectivity index is 1.97. The summed E-state index contributed by atoms with van der Waals surface area (Å²) < 4.78 is 6.86. The maximum atomic E-state index is 10.6. The molecule has 7 nitrogen and oxygen atoms in total. The van der Waals surface area contributed by atoms with Crippen LogP contribution in [-0.4, -0.2) is 31.3 Å². The van der Waals surface area contributed by atoms with Gasteiger partial charge in [-0.25, -0.2) is 9.48 Å². The van der Waals surface area contributed by atoms with Gasteiger partial charge in [0.2, 0.25) is 5.76 Å². The van der Waals surface area contributed by atoms with Crippen molar-refractivity contribution >= 4 is 17.7 Å². The van der Waals surface area contributed by atoms with Crippen molar-refractivity contribution in [1.29, 1.82) is 0 Å². The predicted molar refractivity (Wildman–Crippen MR) is 63.3 cm³/mol. The molecule has 2 heterocycles. The average Bonchev–Trinajstić information content (AvgIpc) is 2.95. The van der Waals surface area contributed by atoms with Crippen LogP contribution in [0.15, 0.2) is 21.6 Å². The summed E-state index contributed by atoms with van der Waals surface area (Å²) in [6.45, 7) is 2.81. The molecule has 0 aliphatic heterocycles. The zero-order chi connectivity index (χ0) is 13.0. The number of rotatable bonds is 6. The molecule has 0 amide bonds. The van der Waals surface area contributed by atoms with Crippen molar-refractivity contribution < 1.29 is 14.3 Å². The predicted octanol–water partition coefficient (Wildman–Crippen LogP) is 1.67. The van der Waals surface area contributed by atoms with E-state index in [2.05, 4.69) is 15.5 Å². The van der Waals surface area contributed by atoms with Gasteiger partial charge in [0.25, 0.3) is 0 Å². The zero-order valence-corrected chi connectivity index (χ0v) is 10.6. The van der Waals surface area contributed by atoms with Crippen LogP contribution >= 0.6 is 11.8 Å². The topological polar surface area (TPSA) is 94.0 Å². The van der Waals surface area contributed by atoms with E-state index in [4.69, 9.17) is 9.52 Å². The first-order valence-electron chi connectivity index (χ1n) is 5.41. The number of hydrogen-bond donors (Lipinski definition) is 1. The maximum absolute atomic E-state index is 10.6. The summed E-state index contributed by atoms with van der Waals surface area (Å²) in [6, 6.07) is 3.06. The van der Waals surface area contributed by atoms with Gasteiger partial charge in [-0.3, -0.25) is 0 Å². The molecule has 8 heteroatoms. The van der Waals surface area contributed by atoms with E-state index in [9.17, 15) is 4.79 Å². The van der Waals surface area contributed by atoms with Gasteiger partial charge in [-0.05, 0) is 29.0 Å². The number of furan rings is 1. The molecule has 0 radical (unpaired) electrons. The van der Waals surface area contributed by atoms with Gasteiger partial charge in [0.1, 0.15) is 0 Å². The van der Waals surface area contributed by atoms with Gasteiger partial charge < -0.3 is 9.52 Å². The number of nitrogens with zero attached hydrogens (tertiary/aromatic N) is 4. The Morgan fingerprint density at radius 1 is 1.56 bits per heavy atom. The lowest BCUT2D eigenvalue weighted by molar-refractivity contribution is 0.0656. The Morgan fingerprint density at radius 3 is 3.06 bits per heavy atom. The molecular formula is C10H12N4O3S. The minimum Gasteiger partial charge on any atom is -0.475 e.